The Bertz CT molecular complexity index is 1560. The molecule has 0 aliphatic heterocycles. The summed E-state index contributed by atoms with van der Waals surface area (Å²) in [6.45, 7) is 3.98. The molecular formula is C25H21FN4O3. The Kier molecular flexibility index (Phi) is 5.99. The number of ketones is 1. The molecule has 0 atom stereocenters. The zero-order chi connectivity index (χ0) is 23.5. The monoisotopic (exact) mass is 444 g/mol. The zero-order valence-electron chi connectivity index (χ0n) is 18.0. The quantitative estimate of drug-likeness (QED) is 0.409. The summed E-state index contributed by atoms with van der Waals surface area (Å²) in [5, 5.41) is 0.140. The van der Waals surface area contributed by atoms with Crippen molar-refractivity contribution >= 4 is 17.9 Å². The van der Waals surface area contributed by atoms with Crippen molar-refractivity contribution in [1.82, 2.24) is 19.9 Å². The van der Waals surface area contributed by atoms with Crippen LogP contribution in [0.4, 0.5) is 4.39 Å². The number of nitrogens with one attached hydrogen (secondary N) is 3. The van der Waals surface area contributed by atoms with Gasteiger partial charge in [-0.3, -0.25) is 14.4 Å². The van der Waals surface area contributed by atoms with Gasteiger partial charge >= 0.3 is 0 Å². The molecule has 0 bridgehead atoms. The van der Waals surface area contributed by atoms with Gasteiger partial charge in [-0.1, -0.05) is 32.0 Å². The lowest BCUT2D eigenvalue weighted by Gasteiger charge is -2.03. The molecule has 4 aromatic rings. The van der Waals surface area contributed by atoms with Gasteiger partial charge in [-0.2, -0.15) is 0 Å². The Morgan fingerprint density at radius 1 is 0.939 bits per heavy atom. The van der Waals surface area contributed by atoms with E-state index in [4.69, 9.17) is 0 Å². The largest absolute Gasteiger partial charge is 0.348 e. The third kappa shape index (κ3) is 4.79. The topological polar surface area (TPSA) is 111 Å². The molecule has 0 fully saturated rings. The van der Waals surface area contributed by atoms with Gasteiger partial charge in [-0.05, 0) is 54.0 Å². The number of benzene rings is 2. The van der Waals surface area contributed by atoms with Gasteiger partial charge in [0.1, 0.15) is 16.5 Å². The Balaban J connectivity index is 1.72. The maximum absolute atomic E-state index is 13.1. The number of rotatable bonds is 5. The number of aromatic nitrogens is 4. The van der Waals surface area contributed by atoms with Crippen LogP contribution in [0.3, 0.4) is 0 Å². The van der Waals surface area contributed by atoms with Crippen LogP contribution in [-0.2, 0) is 0 Å². The molecule has 2 aromatic carbocycles. The summed E-state index contributed by atoms with van der Waals surface area (Å²) in [5.74, 6) is -0.537. The number of nitrogens with zero attached hydrogens (tertiary/aromatic N) is 1. The molecule has 166 valence electrons. The molecule has 0 amide bonds. The van der Waals surface area contributed by atoms with Gasteiger partial charge in [0, 0.05) is 16.8 Å². The SMILES string of the molecule is CC(C)c1[nH]cnc1/C=c1\[nH]c(=O)/c(=C/c2cccc(C(=O)c3ccc(F)cc3)c2)[nH]c1=O. The maximum Gasteiger partial charge on any atom is 0.272 e. The molecular weight excluding hydrogens is 423 g/mol. The summed E-state index contributed by atoms with van der Waals surface area (Å²) in [6, 6.07) is 11.9. The molecule has 3 N–H and O–H groups in total. The molecule has 2 aromatic heterocycles. The van der Waals surface area contributed by atoms with Crippen LogP contribution >= 0.6 is 0 Å². The van der Waals surface area contributed by atoms with E-state index < -0.39 is 16.9 Å². The van der Waals surface area contributed by atoms with Crippen molar-refractivity contribution in [3.05, 3.63) is 120 Å². The van der Waals surface area contributed by atoms with Gasteiger partial charge in [-0.25, -0.2) is 9.37 Å². The van der Waals surface area contributed by atoms with Crippen molar-refractivity contribution in [1.29, 1.82) is 0 Å². The van der Waals surface area contributed by atoms with E-state index in [1.54, 1.807) is 24.3 Å². The number of hydrogen-bond acceptors (Lipinski definition) is 4. The fraction of sp³-hybridized carbons (Fsp3) is 0.120. The van der Waals surface area contributed by atoms with E-state index in [0.29, 0.717) is 22.4 Å². The Hall–Kier alpha value is -4.33. The van der Waals surface area contributed by atoms with Crippen LogP contribution in [0.25, 0.3) is 12.2 Å². The van der Waals surface area contributed by atoms with Gasteiger partial charge in [0.2, 0.25) is 0 Å². The first-order valence-electron chi connectivity index (χ1n) is 10.3. The molecule has 0 saturated heterocycles. The molecule has 7 nitrogen and oxygen atoms in total. The lowest BCUT2D eigenvalue weighted by Crippen LogP contribution is -2.46. The highest BCUT2D eigenvalue weighted by Gasteiger charge is 2.10. The summed E-state index contributed by atoms with van der Waals surface area (Å²) in [7, 11) is 0. The highest BCUT2D eigenvalue weighted by atomic mass is 19.1. The van der Waals surface area contributed by atoms with Crippen LogP contribution in [0.1, 0.15) is 52.6 Å². The van der Waals surface area contributed by atoms with Crippen molar-refractivity contribution in [3.63, 3.8) is 0 Å². The number of H-pyrrole nitrogens is 3. The van der Waals surface area contributed by atoms with Crippen molar-refractivity contribution < 1.29 is 9.18 Å². The minimum Gasteiger partial charge on any atom is -0.348 e. The molecule has 0 radical (unpaired) electrons. The summed E-state index contributed by atoms with van der Waals surface area (Å²) < 4.78 is 13.1. The Morgan fingerprint density at radius 2 is 1.61 bits per heavy atom. The predicted molar refractivity (Wildman–Crippen MR) is 123 cm³/mol. The average molecular weight is 444 g/mol. The molecule has 8 heteroatoms. The summed E-state index contributed by atoms with van der Waals surface area (Å²) in [4.78, 5) is 50.3. The van der Waals surface area contributed by atoms with Crippen LogP contribution < -0.4 is 21.8 Å². The van der Waals surface area contributed by atoms with Crippen LogP contribution in [-0.4, -0.2) is 25.7 Å². The fourth-order valence-electron chi connectivity index (χ4n) is 3.43. The van der Waals surface area contributed by atoms with E-state index in [2.05, 4.69) is 19.9 Å². The summed E-state index contributed by atoms with van der Waals surface area (Å²) >= 11 is 0. The van der Waals surface area contributed by atoms with Crippen molar-refractivity contribution in [2.75, 3.05) is 0 Å². The third-order valence-corrected chi connectivity index (χ3v) is 5.11. The second-order valence-corrected chi connectivity index (χ2v) is 7.84. The first-order valence-corrected chi connectivity index (χ1v) is 10.3. The number of imidazole rings is 1. The number of carbonyl (C=O) groups is 1. The highest BCUT2D eigenvalue weighted by molar-refractivity contribution is 6.09. The van der Waals surface area contributed by atoms with E-state index in [9.17, 15) is 18.8 Å². The molecule has 33 heavy (non-hydrogen) atoms. The van der Waals surface area contributed by atoms with Crippen LogP contribution in [0, 0.1) is 5.82 Å². The smallest absolute Gasteiger partial charge is 0.272 e. The first kappa shape index (κ1) is 21.9. The summed E-state index contributed by atoms with van der Waals surface area (Å²) in [5.41, 5.74) is 1.74. The van der Waals surface area contributed by atoms with Crippen molar-refractivity contribution in [2.45, 2.75) is 19.8 Å². The Labute approximate surface area is 187 Å². The van der Waals surface area contributed by atoms with Crippen LogP contribution in [0.5, 0.6) is 0 Å². The number of aromatic amines is 3. The Morgan fingerprint density at radius 3 is 2.27 bits per heavy atom. The van der Waals surface area contributed by atoms with E-state index in [-0.39, 0.29) is 22.4 Å². The molecule has 0 aliphatic carbocycles. The number of hydrogen-bond donors (Lipinski definition) is 3. The lowest BCUT2D eigenvalue weighted by molar-refractivity contribution is 0.103. The van der Waals surface area contributed by atoms with E-state index in [1.807, 2.05) is 13.8 Å². The van der Waals surface area contributed by atoms with Crippen molar-refractivity contribution in [3.8, 4) is 0 Å². The normalized spacial score (nSPS) is 12.5. The zero-order valence-corrected chi connectivity index (χ0v) is 18.0. The fourth-order valence-corrected chi connectivity index (χ4v) is 3.43. The molecule has 0 aliphatic rings. The molecule has 2 heterocycles. The van der Waals surface area contributed by atoms with Crippen molar-refractivity contribution in [2.24, 2.45) is 0 Å². The number of carbonyl (C=O) groups excluding carboxylic acids is 1. The molecule has 4 rings (SSSR count). The van der Waals surface area contributed by atoms with Gasteiger partial charge in [0.05, 0.1) is 12.0 Å². The van der Waals surface area contributed by atoms with Gasteiger partial charge in [0.15, 0.2) is 5.78 Å². The van der Waals surface area contributed by atoms with Gasteiger partial charge < -0.3 is 15.0 Å². The molecule has 0 spiro atoms. The second-order valence-electron chi connectivity index (χ2n) is 7.84. The molecule has 0 saturated carbocycles. The minimum absolute atomic E-state index is 0.0506. The lowest BCUT2D eigenvalue weighted by atomic mass is 10.0. The first-order chi connectivity index (χ1) is 15.8. The third-order valence-electron chi connectivity index (χ3n) is 5.11. The van der Waals surface area contributed by atoms with E-state index >= 15 is 0 Å². The second kappa shape index (κ2) is 9.04. The van der Waals surface area contributed by atoms with Crippen LogP contribution in [0.2, 0.25) is 0 Å². The standard InChI is InChI=1S/C25H21FN4O3/c1-14(2)22-19(27-13-28-22)12-21-25(33)29-20(24(32)30-21)11-15-4-3-5-17(10-15)23(31)16-6-8-18(26)9-7-16/h3-14H,1-2H3,(H,27,28)(H,29,33)(H,30,32)/b20-11-,21-12-. The predicted octanol–water partition coefficient (Wildman–Crippen LogP) is 1.94. The molecule has 0 unspecified atom stereocenters. The van der Waals surface area contributed by atoms with Crippen LogP contribution in [0.15, 0.2) is 64.4 Å². The maximum atomic E-state index is 13.1. The highest BCUT2D eigenvalue weighted by Crippen LogP contribution is 2.15. The van der Waals surface area contributed by atoms with E-state index in [0.717, 1.165) is 5.69 Å². The number of halogens is 1. The minimum atomic E-state index is -0.488. The van der Waals surface area contributed by atoms with Gasteiger partial charge in [-0.15, -0.1) is 0 Å². The van der Waals surface area contributed by atoms with Gasteiger partial charge in [0.25, 0.3) is 11.1 Å². The van der Waals surface area contributed by atoms with E-state index in [1.165, 1.54) is 42.7 Å². The summed E-state index contributed by atoms with van der Waals surface area (Å²) in [6.07, 6.45) is 4.55. The average Bonchev–Trinajstić information content (AvgIpc) is 3.26.